The van der Waals surface area contributed by atoms with Crippen molar-refractivity contribution < 1.29 is 9.72 Å². The largest absolute Gasteiger partial charge is 0.274 e. The number of anilines is 2. The van der Waals surface area contributed by atoms with E-state index >= 15 is 0 Å². The minimum absolute atomic E-state index is 0.116. The van der Waals surface area contributed by atoms with Crippen molar-refractivity contribution in [3.05, 3.63) is 52.0 Å². The lowest BCUT2D eigenvalue weighted by Gasteiger charge is -2.22. The number of nitro groups is 1. The molecule has 0 N–H and O–H groups in total. The van der Waals surface area contributed by atoms with Gasteiger partial charge in [-0.15, -0.1) is 0 Å². The molecule has 0 unspecified atom stereocenters. The lowest BCUT2D eigenvalue weighted by atomic mass is 10.2. The molecular formula is C14H14N4O3. The van der Waals surface area contributed by atoms with Crippen molar-refractivity contribution in [1.29, 1.82) is 0 Å². The van der Waals surface area contributed by atoms with Crippen molar-refractivity contribution >= 4 is 23.1 Å². The number of hydrogen-bond donors (Lipinski definition) is 0. The minimum atomic E-state index is -0.520. The van der Waals surface area contributed by atoms with Gasteiger partial charge >= 0.3 is 0 Å². The van der Waals surface area contributed by atoms with Crippen LogP contribution in [0.2, 0.25) is 0 Å². The number of amides is 1. The summed E-state index contributed by atoms with van der Waals surface area (Å²) in [5.41, 5.74) is 2.02. The SMILES string of the molecule is CC(=O)N(c1cc([N+](=O)[O-])ccn1)c1cc(C)ncc1C. The second-order valence-electron chi connectivity index (χ2n) is 4.60. The third-order valence-corrected chi connectivity index (χ3v) is 2.94. The zero-order chi connectivity index (χ0) is 15.6. The molecule has 0 aliphatic rings. The molecule has 7 nitrogen and oxygen atoms in total. The Morgan fingerprint density at radius 3 is 2.62 bits per heavy atom. The molecule has 0 aliphatic carbocycles. The van der Waals surface area contributed by atoms with Gasteiger partial charge in [0, 0.05) is 31.1 Å². The summed E-state index contributed by atoms with van der Waals surface area (Å²) < 4.78 is 0. The second-order valence-corrected chi connectivity index (χ2v) is 4.60. The number of aromatic nitrogens is 2. The first-order chi connectivity index (χ1) is 9.90. The molecule has 0 bridgehead atoms. The minimum Gasteiger partial charge on any atom is -0.274 e. The fraction of sp³-hybridized carbons (Fsp3) is 0.214. The standard InChI is InChI=1S/C14H14N4O3/c1-9-8-16-10(2)6-13(9)17(11(3)19)14-7-12(18(20)21)4-5-15-14/h4-8H,1-3H3. The fourth-order valence-electron chi connectivity index (χ4n) is 1.95. The Morgan fingerprint density at radius 2 is 2.00 bits per heavy atom. The van der Waals surface area contributed by atoms with E-state index in [0.29, 0.717) is 5.69 Å². The summed E-state index contributed by atoms with van der Waals surface area (Å²) in [6, 6.07) is 4.31. The van der Waals surface area contributed by atoms with Crippen LogP contribution < -0.4 is 4.90 Å². The molecule has 0 saturated heterocycles. The molecule has 0 saturated carbocycles. The van der Waals surface area contributed by atoms with E-state index in [1.165, 1.54) is 30.2 Å². The summed E-state index contributed by atoms with van der Waals surface area (Å²) in [5.74, 6) is -0.0675. The monoisotopic (exact) mass is 286 g/mol. The molecule has 0 fully saturated rings. The van der Waals surface area contributed by atoms with E-state index in [2.05, 4.69) is 9.97 Å². The van der Waals surface area contributed by atoms with Crippen molar-refractivity contribution in [2.75, 3.05) is 4.90 Å². The lowest BCUT2D eigenvalue weighted by Crippen LogP contribution is -2.24. The average molecular weight is 286 g/mol. The normalized spacial score (nSPS) is 10.2. The van der Waals surface area contributed by atoms with E-state index < -0.39 is 4.92 Å². The Labute approximate surface area is 121 Å². The van der Waals surface area contributed by atoms with E-state index in [4.69, 9.17) is 0 Å². The van der Waals surface area contributed by atoms with Crippen molar-refractivity contribution in [2.24, 2.45) is 0 Å². The van der Waals surface area contributed by atoms with Gasteiger partial charge < -0.3 is 0 Å². The summed E-state index contributed by atoms with van der Waals surface area (Å²) in [6.45, 7) is 5.01. The Bertz CT molecular complexity index is 715. The molecule has 21 heavy (non-hydrogen) atoms. The van der Waals surface area contributed by atoms with Gasteiger partial charge in [-0.2, -0.15) is 0 Å². The Hall–Kier alpha value is -2.83. The summed E-state index contributed by atoms with van der Waals surface area (Å²) in [4.78, 5) is 31.9. The quantitative estimate of drug-likeness (QED) is 0.639. The molecule has 0 radical (unpaired) electrons. The van der Waals surface area contributed by atoms with Crippen LogP contribution in [0.4, 0.5) is 17.2 Å². The zero-order valence-corrected chi connectivity index (χ0v) is 11.9. The summed E-state index contributed by atoms with van der Waals surface area (Å²) >= 11 is 0. The van der Waals surface area contributed by atoms with Crippen molar-refractivity contribution in [3.63, 3.8) is 0 Å². The highest BCUT2D eigenvalue weighted by molar-refractivity contribution is 5.99. The Kier molecular flexibility index (Phi) is 3.93. The first-order valence-corrected chi connectivity index (χ1v) is 6.24. The fourth-order valence-corrected chi connectivity index (χ4v) is 1.95. The number of nitrogens with zero attached hydrogens (tertiary/aromatic N) is 4. The lowest BCUT2D eigenvalue weighted by molar-refractivity contribution is -0.384. The van der Waals surface area contributed by atoms with Crippen LogP contribution in [0, 0.1) is 24.0 Å². The van der Waals surface area contributed by atoms with Crippen LogP contribution in [0.1, 0.15) is 18.2 Å². The van der Waals surface area contributed by atoms with Crippen molar-refractivity contribution in [3.8, 4) is 0 Å². The molecule has 108 valence electrons. The molecule has 2 heterocycles. The number of pyridine rings is 2. The molecule has 0 spiro atoms. The Balaban J connectivity index is 2.59. The van der Waals surface area contributed by atoms with Gasteiger partial charge in [0.15, 0.2) is 0 Å². The number of hydrogen-bond acceptors (Lipinski definition) is 5. The van der Waals surface area contributed by atoms with Gasteiger partial charge in [0.25, 0.3) is 5.69 Å². The van der Waals surface area contributed by atoms with Gasteiger partial charge in [-0.05, 0) is 25.5 Å². The molecular weight excluding hydrogens is 272 g/mol. The van der Waals surface area contributed by atoms with E-state index in [-0.39, 0.29) is 17.4 Å². The predicted octanol–water partition coefficient (Wildman–Crippen LogP) is 2.69. The second kappa shape index (κ2) is 5.66. The molecule has 0 aliphatic heterocycles. The first kappa shape index (κ1) is 14.6. The van der Waals surface area contributed by atoms with Gasteiger partial charge in [0.05, 0.1) is 16.7 Å². The summed E-state index contributed by atoms with van der Waals surface area (Å²) in [5, 5.41) is 10.9. The summed E-state index contributed by atoms with van der Waals surface area (Å²) in [6.07, 6.45) is 2.96. The molecule has 0 atom stereocenters. The number of carbonyl (C=O) groups excluding carboxylic acids is 1. The van der Waals surface area contributed by atoms with Gasteiger partial charge in [-0.25, -0.2) is 4.98 Å². The molecule has 1 amide bonds. The van der Waals surface area contributed by atoms with Crippen LogP contribution in [0.5, 0.6) is 0 Å². The number of rotatable bonds is 3. The average Bonchev–Trinajstić information content (AvgIpc) is 2.43. The van der Waals surface area contributed by atoms with E-state index in [1.807, 2.05) is 13.8 Å². The predicted molar refractivity (Wildman–Crippen MR) is 77.4 cm³/mol. The van der Waals surface area contributed by atoms with E-state index in [9.17, 15) is 14.9 Å². The summed E-state index contributed by atoms with van der Waals surface area (Å²) in [7, 11) is 0. The van der Waals surface area contributed by atoms with Gasteiger partial charge in [-0.3, -0.25) is 24.8 Å². The van der Waals surface area contributed by atoms with Crippen LogP contribution in [-0.2, 0) is 4.79 Å². The maximum absolute atomic E-state index is 12.0. The number of carbonyl (C=O) groups is 1. The molecule has 2 aromatic rings. The van der Waals surface area contributed by atoms with Crippen LogP contribution >= 0.6 is 0 Å². The zero-order valence-electron chi connectivity index (χ0n) is 11.9. The smallest absolute Gasteiger partial charge is 0.274 e. The van der Waals surface area contributed by atoms with Crippen LogP contribution in [0.25, 0.3) is 0 Å². The third kappa shape index (κ3) is 3.02. The highest BCUT2D eigenvalue weighted by Gasteiger charge is 2.20. The highest BCUT2D eigenvalue weighted by atomic mass is 16.6. The molecule has 2 rings (SSSR count). The van der Waals surface area contributed by atoms with Crippen LogP contribution in [0.15, 0.2) is 30.6 Å². The number of aryl methyl sites for hydroxylation is 2. The topological polar surface area (TPSA) is 89.2 Å². The van der Waals surface area contributed by atoms with Crippen molar-refractivity contribution in [2.45, 2.75) is 20.8 Å². The molecule has 7 heteroatoms. The highest BCUT2D eigenvalue weighted by Crippen LogP contribution is 2.29. The maximum Gasteiger partial charge on any atom is 0.274 e. The third-order valence-electron chi connectivity index (χ3n) is 2.94. The molecule has 0 aromatic carbocycles. The van der Waals surface area contributed by atoms with Gasteiger partial charge in [-0.1, -0.05) is 0 Å². The van der Waals surface area contributed by atoms with E-state index in [1.54, 1.807) is 12.3 Å². The van der Waals surface area contributed by atoms with Crippen LogP contribution in [-0.4, -0.2) is 20.8 Å². The van der Waals surface area contributed by atoms with Crippen LogP contribution in [0.3, 0.4) is 0 Å². The van der Waals surface area contributed by atoms with Crippen molar-refractivity contribution in [1.82, 2.24) is 9.97 Å². The maximum atomic E-state index is 12.0. The molecule has 2 aromatic heterocycles. The van der Waals surface area contributed by atoms with Gasteiger partial charge in [0.2, 0.25) is 5.91 Å². The van der Waals surface area contributed by atoms with Gasteiger partial charge in [0.1, 0.15) is 5.82 Å². The Morgan fingerprint density at radius 1 is 1.29 bits per heavy atom. The van der Waals surface area contributed by atoms with E-state index in [0.717, 1.165) is 11.3 Å². The first-order valence-electron chi connectivity index (χ1n) is 6.24.